The van der Waals surface area contributed by atoms with Gasteiger partial charge in [0.2, 0.25) is 10.0 Å². The Bertz CT molecular complexity index is 641. The number of nitrogens with zero attached hydrogens (tertiary/aromatic N) is 1. The molecule has 0 bridgehead atoms. The van der Waals surface area contributed by atoms with Crippen molar-refractivity contribution in [1.29, 1.82) is 0 Å². The number of aliphatic imine (C=N–C) groups is 1. The summed E-state index contributed by atoms with van der Waals surface area (Å²) in [5.41, 5.74) is 0. The molecule has 1 aliphatic rings. The third-order valence-corrected chi connectivity index (χ3v) is 6.93. The summed E-state index contributed by atoms with van der Waals surface area (Å²) in [7, 11) is -1.74. The minimum absolute atomic E-state index is 0.256. The van der Waals surface area contributed by atoms with Gasteiger partial charge >= 0.3 is 0 Å². The molecule has 8 heteroatoms. The van der Waals surface area contributed by atoms with Gasteiger partial charge in [-0.1, -0.05) is 18.2 Å². The van der Waals surface area contributed by atoms with Crippen LogP contribution in [-0.4, -0.2) is 51.6 Å². The number of thioether (sulfide) groups is 1. The summed E-state index contributed by atoms with van der Waals surface area (Å²) >= 11 is 1.99. The van der Waals surface area contributed by atoms with E-state index in [0.717, 1.165) is 6.54 Å². The molecule has 1 atom stereocenters. The molecule has 2 rings (SSSR count). The Morgan fingerprint density at radius 1 is 1.25 bits per heavy atom. The molecule has 134 valence electrons. The third-order valence-electron chi connectivity index (χ3n) is 3.92. The van der Waals surface area contributed by atoms with Crippen molar-refractivity contribution in [3.8, 4) is 0 Å². The molecule has 1 aromatic rings. The zero-order valence-electron chi connectivity index (χ0n) is 14.2. The van der Waals surface area contributed by atoms with Crippen LogP contribution in [0.3, 0.4) is 0 Å². The van der Waals surface area contributed by atoms with Gasteiger partial charge in [0.05, 0.1) is 4.90 Å². The van der Waals surface area contributed by atoms with Crippen LogP contribution in [0.15, 0.2) is 40.2 Å². The lowest BCUT2D eigenvalue weighted by Gasteiger charge is -2.24. The smallest absolute Gasteiger partial charge is 0.240 e. The largest absolute Gasteiger partial charge is 0.355 e. The van der Waals surface area contributed by atoms with Gasteiger partial charge in [0, 0.05) is 31.4 Å². The van der Waals surface area contributed by atoms with Crippen LogP contribution < -0.4 is 15.4 Å². The van der Waals surface area contributed by atoms with Crippen molar-refractivity contribution in [2.24, 2.45) is 4.99 Å². The molecular weight excluding hydrogens is 344 g/mol. The van der Waals surface area contributed by atoms with Gasteiger partial charge < -0.3 is 10.6 Å². The summed E-state index contributed by atoms with van der Waals surface area (Å²) in [4.78, 5) is 4.46. The number of benzene rings is 1. The molecule has 1 aliphatic heterocycles. The van der Waals surface area contributed by atoms with Crippen molar-refractivity contribution >= 4 is 27.7 Å². The van der Waals surface area contributed by atoms with Gasteiger partial charge in [0.15, 0.2) is 5.96 Å². The van der Waals surface area contributed by atoms with Crippen molar-refractivity contribution in [3.05, 3.63) is 30.3 Å². The van der Waals surface area contributed by atoms with Crippen LogP contribution >= 0.6 is 11.8 Å². The van der Waals surface area contributed by atoms with E-state index in [9.17, 15) is 8.42 Å². The molecular formula is C16H26N4O2S2. The number of nitrogens with one attached hydrogen (secondary N) is 3. The van der Waals surface area contributed by atoms with Crippen LogP contribution in [0.5, 0.6) is 0 Å². The Kier molecular flexibility index (Phi) is 6.94. The first-order valence-electron chi connectivity index (χ1n) is 8.08. The average Bonchev–Trinajstić information content (AvgIpc) is 3.02. The quantitative estimate of drug-likeness (QED) is 0.384. The van der Waals surface area contributed by atoms with E-state index in [4.69, 9.17) is 0 Å². The fourth-order valence-corrected chi connectivity index (χ4v) is 4.81. The lowest BCUT2D eigenvalue weighted by atomic mass is 10.1. The van der Waals surface area contributed by atoms with E-state index in [-0.39, 0.29) is 9.64 Å². The zero-order valence-corrected chi connectivity index (χ0v) is 15.8. The van der Waals surface area contributed by atoms with Gasteiger partial charge in [0.25, 0.3) is 0 Å². The highest BCUT2D eigenvalue weighted by Gasteiger charge is 2.29. The van der Waals surface area contributed by atoms with Crippen molar-refractivity contribution < 1.29 is 8.42 Å². The fraction of sp³-hybridized carbons (Fsp3) is 0.562. The van der Waals surface area contributed by atoms with Crippen LogP contribution in [-0.2, 0) is 10.0 Å². The maximum atomic E-state index is 12.1. The van der Waals surface area contributed by atoms with E-state index in [1.165, 1.54) is 18.6 Å². The van der Waals surface area contributed by atoms with E-state index in [2.05, 4.69) is 27.3 Å². The second-order valence-electron chi connectivity index (χ2n) is 5.97. The van der Waals surface area contributed by atoms with Crippen molar-refractivity contribution in [2.75, 3.05) is 32.4 Å². The summed E-state index contributed by atoms with van der Waals surface area (Å²) in [6.07, 6.45) is 2.47. The molecule has 24 heavy (non-hydrogen) atoms. The second kappa shape index (κ2) is 8.73. The minimum Gasteiger partial charge on any atom is -0.355 e. The first-order valence-corrected chi connectivity index (χ1v) is 10.6. The molecule has 3 N–H and O–H groups in total. The van der Waals surface area contributed by atoms with Gasteiger partial charge in [-0.15, -0.1) is 0 Å². The number of hydrogen-bond acceptors (Lipinski definition) is 4. The number of hydrogen-bond donors (Lipinski definition) is 3. The molecule has 0 spiro atoms. The summed E-state index contributed by atoms with van der Waals surface area (Å²) in [6.45, 7) is 3.88. The lowest BCUT2D eigenvalue weighted by molar-refractivity contribution is 0.577. The predicted molar refractivity (Wildman–Crippen MR) is 101 cm³/mol. The first-order chi connectivity index (χ1) is 11.5. The zero-order chi connectivity index (χ0) is 17.5. The molecule has 1 aromatic carbocycles. The standard InChI is InChI=1S/C16H26N4O2S2/c1-16(9-6-12-23-16)13-19-15(17-2)18-10-11-20-24(21,22)14-7-4-3-5-8-14/h3-5,7-8,20H,6,9-13H2,1-2H3,(H2,17,18,19). The molecule has 1 heterocycles. The Labute approximate surface area is 149 Å². The Morgan fingerprint density at radius 2 is 2.00 bits per heavy atom. The third kappa shape index (κ3) is 5.68. The fourth-order valence-electron chi connectivity index (χ4n) is 2.52. The highest BCUT2D eigenvalue weighted by atomic mass is 32.2. The van der Waals surface area contributed by atoms with Gasteiger partial charge in [-0.05, 0) is 37.7 Å². The van der Waals surface area contributed by atoms with E-state index < -0.39 is 10.0 Å². The highest BCUT2D eigenvalue weighted by Crippen LogP contribution is 2.36. The monoisotopic (exact) mass is 370 g/mol. The topological polar surface area (TPSA) is 82.6 Å². The van der Waals surface area contributed by atoms with Gasteiger partial charge in [-0.2, -0.15) is 11.8 Å². The molecule has 6 nitrogen and oxygen atoms in total. The molecule has 0 amide bonds. The molecule has 0 aromatic heterocycles. The van der Waals surface area contributed by atoms with Crippen LogP contribution in [0, 0.1) is 0 Å². The summed E-state index contributed by atoms with van der Waals surface area (Å²) in [6, 6.07) is 8.37. The summed E-state index contributed by atoms with van der Waals surface area (Å²) in [5.74, 6) is 1.91. The minimum atomic E-state index is -3.45. The van der Waals surface area contributed by atoms with E-state index in [1.54, 1.807) is 37.4 Å². The molecule has 1 saturated heterocycles. The lowest BCUT2D eigenvalue weighted by Crippen LogP contribution is -2.45. The van der Waals surface area contributed by atoms with Crippen LogP contribution in [0.2, 0.25) is 0 Å². The molecule has 1 fully saturated rings. The molecule has 0 radical (unpaired) electrons. The maximum absolute atomic E-state index is 12.1. The normalized spacial score (nSPS) is 21.7. The molecule has 1 unspecified atom stereocenters. The number of guanidine groups is 1. The van der Waals surface area contributed by atoms with E-state index in [0.29, 0.717) is 19.0 Å². The van der Waals surface area contributed by atoms with Crippen LogP contribution in [0.25, 0.3) is 0 Å². The average molecular weight is 371 g/mol. The van der Waals surface area contributed by atoms with Gasteiger partial charge in [-0.25, -0.2) is 13.1 Å². The SMILES string of the molecule is CN=C(NCCNS(=O)(=O)c1ccccc1)NCC1(C)CCCS1. The van der Waals surface area contributed by atoms with Crippen LogP contribution in [0.4, 0.5) is 0 Å². The van der Waals surface area contributed by atoms with E-state index >= 15 is 0 Å². The maximum Gasteiger partial charge on any atom is 0.240 e. The first kappa shape index (κ1) is 19.1. The Balaban J connectivity index is 1.72. The van der Waals surface area contributed by atoms with Crippen LogP contribution in [0.1, 0.15) is 19.8 Å². The molecule has 0 saturated carbocycles. The summed E-state index contributed by atoms with van der Waals surface area (Å²) in [5, 5.41) is 6.46. The Morgan fingerprint density at radius 3 is 2.62 bits per heavy atom. The Hall–Kier alpha value is -1.25. The number of rotatable bonds is 7. The van der Waals surface area contributed by atoms with Crippen molar-refractivity contribution in [1.82, 2.24) is 15.4 Å². The van der Waals surface area contributed by atoms with E-state index in [1.807, 2.05) is 11.8 Å². The van der Waals surface area contributed by atoms with Gasteiger partial charge in [0.1, 0.15) is 0 Å². The number of sulfonamides is 1. The van der Waals surface area contributed by atoms with Gasteiger partial charge in [-0.3, -0.25) is 4.99 Å². The summed E-state index contributed by atoms with van der Waals surface area (Å²) < 4.78 is 27.0. The van der Waals surface area contributed by atoms with Crippen molar-refractivity contribution in [3.63, 3.8) is 0 Å². The molecule has 0 aliphatic carbocycles. The highest BCUT2D eigenvalue weighted by molar-refractivity contribution is 8.00. The predicted octanol–water partition coefficient (Wildman–Crippen LogP) is 1.42. The second-order valence-corrected chi connectivity index (χ2v) is 9.41. The van der Waals surface area contributed by atoms with Crippen molar-refractivity contribution in [2.45, 2.75) is 29.4 Å².